The normalized spacial score (nSPS) is 13.5. The number of fused-ring (bicyclic) bond motifs is 1. The Hall–Kier alpha value is -2.45. The van der Waals surface area contributed by atoms with Crippen molar-refractivity contribution in [2.75, 3.05) is 17.7 Å². The average Bonchev–Trinajstić information content (AvgIpc) is 3.47. The Bertz CT molecular complexity index is 1030. The smallest absolute Gasteiger partial charge is 0.341 e. The number of carbonyl (C=O) groups is 2. The molecular formula is C20H19N3O3S2. The van der Waals surface area contributed by atoms with E-state index >= 15 is 0 Å². The van der Waals surface area contributed by atoms with E-state index in [1.165, 1.54) is 29.4 Å². The minimum absolute atomic E-state index is 0.178. The van der Waals surface area contributed by atoms with Crippen LogP contribution in [0, 0.1) is 0 Å². The number of rotatable bonds is 7. The molecule has 28 heavy (non-hydrogen) atoms. The fraction of sp³-hybridized carbons (Fsp3) is 0.300. The van der Waals surface area contributed by atoms with Crippen molar-refractivity contribution < 1.29 is 14.3 Å². The molecule has 0 unspecified atom stereocenters. The Morgan fingerprint density at radius 1 is 1.29 bits per heavy atom. The summed E-state index contributed by atoms with van der Waals surface area (Å²) in [6, 6.07) is 7.70. The van der Waals surface area contributed by atoms with Gasteiger partial charge in [0.05, 0.1) is 23.4 Å². The Labute approximate surface area is 170 Å². The molecule has 0 radical (unpaired) electrons. The third kappa shape index (κ3) is 4.02. The summed E-state index contributed by atoms with van der Waals surface area (Å²) in [6.45, 7) is 2.09. The molecule has 1 aliphatic carbocycles. The van der Waals surface area contributed by atoms with E-state index in [0.29, 0.717) is 23.1 Å². The zero-order valence-corrected chi connectivity index (χ0v) is 16.9. The molecule has 1 aromatic carbocycles. The van der Waals surface area contributed by atoms with Gasteiger partial charge in [-0.25, -0.2) is 14.8 Å². The lowest BCUT2D eigenvalue weighted by atomic mass is 10.1. The van der Waals surface area contributed by atoms with Gasteiger partial charge in [0.2, 0.25) is 5.91 Å². The summed E-state index contributed by atoms with van der Waals surface area (Å²) < 4.78 is 5.20. The van der Waals surface area contributed by atoms with Crippen LogP contribution in [0.25, 0.3) is 10.9 Å². The highest BCUT2D eigenvalue weighted by atomic mass is 32.2. The molecule has 0 aliphatic heterocycles. The molecule has 0 atom stereocenters. The van der Waals surface area contributed by atoms with Crippen LogP contribution in [0.4, 0.5) is 5.00 Å². The quantitative estimate of drug-likeness (QED) is 0.349. The molecule has 0 bridgehead atoms. The monoisotopic (exact) mass is 413 g/mol. The second-order valence-electron chi connectivity index (χ2n) is 6.42. The van der Waals surface area contributed by atoms with Gasteiger partial charge in [-0.15, -0.1) is 11.3 Å². The first-order chi connectivity index (χ1) is 13.7. The fourth-order valence-corrected chi connectivity index (χ4v) is 4.80. The van der Waals surface area contributed by atoms with Crippen molar-refractivity contribution in [1.82, 2.24) is 9.97 Å². The largest absolute Gasteiger partial charge is 0.462 e. The number of thiophene rings is 1. The Morgan fingerprint density at radius 2 is 2.11 bits per heavy atom. The van der Waals surface area contributed by atoms with Crippen LogP contribution in [0.3, 0.4) is 0 Å². The number of nitrogens with one attached hydrogen (secondary N) is 1. The predicted molar refractivity (Wildman–Crippen MR) is 111 cm³/mol. The van der Waals surface area contributed by atoms with Gasteiger partial charge in [0, 0.05) is 5.39 Å². The molecular weight excluding hydrogens is 394 g/mol. The number of aromatic nitrogens is 2. The summed E-state index contributed by atoms with van der Waals surface area (Å²) in [5.41, 5.74) is 2.35. The van der Waals surface area contributed by atoms with Crippen LogP contribution in [0.5, 0.6) is 0 Å². The maximum Gasteiger partial charge on any atom is 0.341 e. The highest BCUT2D eigenvalue weighted by Gasteiger charge is 2.32. The second kappa shape index (κ2) is 8.28. The van der Waals surface area contributed by atoms with Crippen LogP contribution in [0.2, 0.25) is 0 Å². The molecule has 8 heteroatoms. The van der Waals surface area contributed by atoms with Crippen LogP contribution in [0.1, 0.15) is 41.6 Å². The van der Waals surface area contributed by atoms with Crippen molar-refractivity contribution in [3.8, 4) is 0 Å². The molecule has 144 valence electrons. The van der Waals surface area contributed by atoms with Gasteiger partial charge < -0.3 is 10.1 Å². The van der Waals surface area contributed by atoms with E-state index in [-0.39, 0.29) is 17.6 Å². The van der Waals surface area contributed by atoms with Gasteiger partial charge in [0.15, 0.2) is 0 Å². The van der Waals surface area contributed by atoms with Crippen LogP contribution in [0.15, 0.2) is 41.0 Å². The number of benzene rings is 1. The number of anilines is 1. The Kier molecular flexibility index (Phi) is 5.59. The molecule has 4 rings (SSSR count). The van der Waals surface area contributed by atoms with Crippen LogP contribution in [-0.4, -0.2) is 34.2 Å². The van der Waals surface area contributed by atoms with E-state index in [1.807, 2.05) is 29.6 Å². The maximum absolute atomic E-state index is 12.5. The summed E-state index contributed by atoms with van der Waals surface area (Å²) in [6.07, 6.45) is 3.66. The van der Waals surface area contributed by atoms with Crippen LogP contribution < -0.4 is 5.32 Å². The van der Waals surface area contributed by atoms with Crippen LogP contribution in [-0.2, 0) is 9.53 Å². The number of amides is 1. The lowest BCUT2D eigenvalue weighted by Crippen LogP contribution is -2.16. The summed E-state index contributed by atoms with van der Waals surface area (Å²) in [7, 11) is 0. The van der Waals surface area contributed by atoms with Gasteiger partial charge in [0.1, 0.15) is 16.4 Å². The summed E-state index contributed by atoms with van der Waals surface area (Å²) >= 11 is 2.74. The molecule has 2 aromatic heterocycles. The molecule has 2 heterocycles. The highest BCUT2D eigenvalue weighted by molar-refractivity contribution is 8.00. The second-order valence-corrected chi connectivity index (χ2v) is 8.27. The molecule has 6 nitrogen and oxygen atoms in total. The minimum Gasteiger partial charge on any atom is -0.462 e. The number of esters is 1. The topological polar surface area (TPSA) is 81.2 Å². The van der Waals surface area contributed by atoms with E-state index in [2.05, 4.69) is 15.3 Å². The van der Waals surface area contributed by atoms with Gasteiger partial charge in [-0.2, -0.15) is 0 Å². The summed E-state index contributed by atoms with van der Waals surface area (Å²) in [5.74, 6) is 0.0563. The molecule has 0 saturated heterocycles. The number of para-hydroxylation sites is 1. The molecule has 0 spiro atoms. The first-order valence-corrected chi connectivity index (χ1v) is 10.9. The van der Waals surface area contributed by atoms with E-state index in [9.17, 15) is 9.59 Å². The van der Waals surface area contributed by atoms with Gasteiger partial charge in [0.25, 0.3) is 0 Å². The third-order valence-electron chi connectivity index (χ3n) is 4.42. The van der Waals surface area contributed by atoms with Gasteiger partial charge in [-0.05, 0) is 42.7 Å². The van der Waals surface area contributed by atoms with E-state index < -0.39 is 0 Å². The molecule has 1 aliphatic rings. The molecule has 1 saturated carbocycles. The van der Waals surface area contributed by atoms with Crippen molar-refractivity contribution in [2.24, 2.45) is 0 Å². The van der Waals surface area contributed by atoms with Crippen molar-refractivity contribution in [1.29, 1.82) is 0 Å². The zero-order valence-electron chi connectivity index (χ0n) is 15.3. The number of nitrogens with zero attached hydrogens (tertiary/aromatic N) is 2. The molecule has 1 amide bonds. The standard InChI is InChI=1S/C20H19N3O3S2/c1-2-26-20(25)17-14(12-7-8-12)9-27-19(17)23-16(24)10-28-18-13-5-3-4-6-15(13)21-11-22-18/h3-6,9,11-12H,2,7-8,10H2,1H3,(H,23,24). The predicted octanol–water partition coefficient (Wildman–Crippen LogP) is 4.48. The average molecular weight is 414 g/mol. The van der Waals surface area contributed by atoms with Crippen molar-refractivity contribution in [3.63, 3.8) is 0 Å². The first-order valence-electron chi connectivity index (χ1n) is 9.08. The minimum atomic E-state index is -0.365. The first kappa shape index (κ1) is 18.9. The maximum atomic E-state index is 12.5. The van der Waals surface area contributed by atoms with E-state index in [4.69, 9.17) is 4.74 Å². The van der Waals surface area contributed by atoms with Gasteiger partial charge >= 0.3 is 5.97 Å². The molecule has 1 fully saturated rings. The summed E-state index contributed by atoms with van der Waals surface area (Å²) in [4.78, 5) is 33.5. The summed E-state index contributed by atoms with van der Waals surface area (Å²) in [5, 5.41) is 7.10. The third-order valence-corrected chi connectivity index (χ3v) is 6.33. The lowest BCUT2D eigenvalue weighted by molar-refractivity contribution is -0.113. The Morgan fingerprint density at radius 3 is 2.89 bits per heavy atom. The number of ether oxygens (including phenoxy) is 1. The molecule has 3 aromatic rings. The van der Waals surface area contributed by atoms with Crippen LogP contribution >= 0.6 is 23.1 Å². The van der Waals surface area contributed by atoms with Crippen molar-refractivity contribution in [3.05, 3.63) is 47.1 Å². The lowest BCUT2D eigenvalue weighted by Gasteiger charge is -2.08. The van der Waals surface area contributed by atoms with E-state index in [0.717, 1.165) is 34.3 Å². The Balaban J connectivity index is 1.47. The van der Waals surface area contributed by atoms with Crippen molar-refractivity contribution >= 4 is 50.9 Å². The number of hydrogen-bond acceptors (Lipinski definition) is 7. The fourth-order valence-electron chi connectivity index (χ4n) is 2.96. The highest BCUT2D eigenvalue weighted by Crippen LogP contribution is 2.46. The SMILES string of the molecule is CCOC(=O)c1c(C2CC2)csc1NC(=O)CSc1ncnc2ccccc12. The zero-order chi connectivity index (χ0) is 19.5. The van der Waals surface area contributed by atoms with Gasteiger partial charge in [-0.3, -0.25) is 4.79 Å². The number of hydrogen-bond donors (Lipinski definition) is 1. The molecule has 1 N–H and O–H groups in total. The van der Waals surface area contributed by atoms with Crippen molar-refractivity contribution in [2.45, 2.75) is 30.7 Å². The number of thioether (sulfide) groups is 1. The van der Waals surface area contributed by atoms with Gasteiger partial charge in [-0.1, -0.05) is 30.0 Å². The van der Waals surface area contributed by atoms with E-state index in [1.54, 1.807) is 6.92 Å². The number of carbonyl (C=O) groups excluding carboxylic acids is 2.